The number of aryl methyl sites for hydroxylation is 1. The Bertz CT molecular complexity index is 952. The summed E-state index contributed by atoms with van der Waals surface area (Å²) in [5.74, 6) is 0.620. The monoisotopic (exact) mass is 457 g/mol. The zero-order chi connectivity index (χ0) is 22.9. The fourth-order valence-corrected chi connectivity index (χ4v) is 4.08. The number of carbonyl (C=O) groups excluding carboxylic acids is 3. The number of hydrogen-bond acceptors (Lipinski definition) is 5. The second kappa shape index (κ2) is 11.7. The minimum atomic E-state index is -0.175. The van der Waals surface area contributed by atoms with E-state index in [9.17, 15) is 14.4 Å². The maximum Gasteiger partial charge on any atom is 0.314 e. The van der Waals surface area contributed by atoms with Crippen LogP contribution in [0.5, 0.6) is 11.5 Å². The van der Waals surface area contributed by atoms with Gasteiger partial charge in [0.05, 0.1) is 29.3 Å². The summed E-state index contributed by atoms with van der Waals surface area (Å²) < 4.78 is 10.7. The number of nitrogens with one attached hydrogen (secondary N) is 1. The molecule has 0 saturated heterocycles. The first kappa shape index (κ1) is 23.8. The van der Waals surface area contributed by atoms with Crippen molar-refractivity contribution < 1.29 is 23.9 Å². The van der Waals surface area contributed by atoms with Crippen LogP contribution < -0.4 is 14.8 Å². The van der Waals surface area contributed by atoms with Crippen molar-refractivity contribution in [2.45, 2.75) is 51.4 Å². The van der Waals surface area contributed by atoms with Gasteiger partial charge in [-0.3, -0.25) is 14.4 Å². The Kier molecular flexibility index (Phi) is 8.68. The number of methoxy groups -OCH3 is 1. The van der Waals surface area contributed by atoms with Gasteiger partial charge in [-0.05, 0) is 49.4 Å². The van der Waals surface area contributed by atoms with Crippen LogP contribution in [0.25, 0.3) is 0 Å². The van der Waals surface area contributed by atoms with Gasteiger partial charge in [0.2, 0.25) is 5.91 Å². The Morgan fingerprint density at radius 3 is 2.50 bits per heavy atom. The number of esters is 1. The SMILES string of the molecule is COc1cc(NC(=O)CCCc2ccc(OC(=O)C3CCCCC3)cc2)c(Cl)cc1C=O. The summed E-state index contributed by atoms with van der Waals surface area (Å²) in [4.78, 5) is 35.6. The van der Waals surface area contributed by atoms with E-state index in [0.717, 1.165) is 31.2 Å². The normalized spacial score (nSPS) is 13.9. The summed E-state index contributed by atoms with van der Waals surface area (Å²) in [5, 5.41) is 3.04. The molecule has 1 saturated carbocycles. The Hall–Kier alpha value is -2.86. The van der Waals surface area contributed by atoms with Crippen molar-refractivity contribution in [3.05, 3.63) is 52.5 Å². The molecule has 0 bridgehead atoms. The van der Waals surface area contributed by atoms with Crippen LogP contribution in [0, 0.1) is 5.92 Å². The highest BCUT2D eigenvalue weighted by Crippen LogP contribution is 2.30. The fourth-order valence-electron chi connectivity index (χ4n) is 3.86. The zero-order valence-corrected chi connectivity index (χ0v) is 19.0. The van der Waals surface area contributed by atoms with E-state index in [1.54, 1.807) is 12.1 Å². The molecule has 2 aromatic carbocycles. The van der Waals surface area contributed by atoms with Crippen LogP contribution in [0.3, 0.4) is 0 Å². The van der Waals surface area contributed by atoms with Crippen molar-refractivity contribution in [1.82, 2.24) is 0 Å². The molecule has 32 heavy (non-hydrogen) atoms. The van der Waals surface area contributed by atoms with Gasteiger partial charge in [0.1, 0.15) is 11.5 Å². The second-order valence-corrected chi connectivity index (χ2v) is 8.40. The van der Waals surface area contributed by atoms with Gasteiger partial charge in [-0.2, -0.15) is 0 Å². The number of halogens is 1. The molecular formula is C25H28ClNO5. The molecule has 0 radical (unpaired) electrons. The van der Waals surface area contributed by atoms with Crippen LogP contribution in [0.4, 0.5) is 5.69 Å². The standard InChI is InChI=1S/C25H28ClNO5/c1-31-23-15-22(21(26)14-19(23)16-28)27-24(29)9-5-6-17-10-12-20(13-11-17)32-25(30)18-7-3-2-4-8-18/h10-16,18H,2-9H2,1H3,(H,27,29). The third-order valence-corrected chi connectivity index (χ3v) is 5.98. The quantitative estimate of drug-likeness (QED) is 0.300. The van der Waals surface area contributed by atoms with Gasteiger partial charge < -0.3 is 14.8 Å². The molecular weight excluding hydrogens is 430 g/mol. The predicted molar refractivity (Wildman–Crippen MR) is 124 cm³/mol. The second-order valence-electron chi connectivity index (χ2n) is 7.99. The molecule has 1 aliphatic rings. The number of rotatable bonds is 9. The molecule has 0 aromatic heterocycles. The number of aldehydes is 1. The van der Waals surface area contributed by atoms with Crippen LogP contribution in [-0.4, -0.2) is 25.3 Å². The molecule has 0 unspecified atom stereocenters. The molecule has 6 nitrogen and oxygen atoms in total. The van der Waals surface area contributed by atoms with E-state index in [4.69, 9.17) is 21.1 Å². The molecule has 1 N–H and O–H groups in total. The first-order valence-electron chi connectivity index (χ1n) is 10.9. The van der Waals surface area contributed by atoms with Crippen molar-refractivity contribution >= 4 is 35.5 Å². The van der Waals surface area contributed by atoms with Gasteiger partial charge in [-0.15, -0.1) is 0 Å². The molecule has 0 heterocycles. The molecule has 170 valence electrons. The summed E-state index contributed by atoms with van der Waals surface area (Å²) in [5.41, 5.74) is 1.79. The molecule has 1 amide bonds. The van der Waals surface area contributed by atoms with Crippen LogP contribution in [0.15, 0.2) is 36.4 Å². The molecule has 3 rings (SSSR count). The van der Waals surface area contributed by atoms with Crippen molar-refractivity contribution in [3.8, 4) is 11.5 Å². The summed E-state index contributed by atoms with van der Waals surface area (Å²) in [6, 6.07) is 10.4. The summed E-state index contributed by atoms with van der Waals surface area (Å²) >= 11 is 6.15. The minimum Gasteiger partial charge on any atom is -0.496 e. The summed E-state index contributed by atoms with van der Waals surface area (Å²) in [7, 11) is 1.45. The van der Waals surface area contributed by atoms with Crippen LogP contribution in [0.1, 0.15) is 60.9 Å². The topological polar surface area (TPSA) is 81.7 Å². The lowest BCUT2D eigenvalue weighted by molar-refractivity contribution is -0.140. The van der Waals surface area contributed by atoms with Gasteiger partial charge in [-0.1, -0.05) is 43.0 Å². The van der Waals surface area contributed by atoms with Crippen LogP contribution >= 0.6 is 11.6 Å². The molecule has 1 aliphatic carbocycles. The maximum absolute atomic E-state index is 12.3. The van der Waals surface area contributed by atoms with Crippen molar-refractivity contribution in [2.75, 3.05) is 12.4 Å². The predicted octanol–water partition coefficient (Wildman–Crippen LogP) is 5.61. The van der Waals surface area contributed by atoms with Crippen LogP contribution in [-0.2, 0) is 16.0 Å². The molecule has 1 fully saturated rings. The first-order chi connectivity index (χ1) is 15.5. The number of ether oxygens (including phenoxy) is 2. The highest BCUT2D eigenvalue weighted by Gasteiger charge is 2.22. The fraction of sp³-hybridized carbons (Fsp3) is 0.400. The van der Waals surface area contributed by atoms with E-state index in [0.29, 0.717) is 48.3 Å². The number of carbonyl (C=O) groups is 3. The van der Waals surface area contributed by atoms with Crippen LogP contribution in [0.2, 0.25) is 5.02 Å². The molecule has 2 aromatic rings. The lowest BCUT2D eigenvalue weighted by Gasteiger charge is -2.19. The molecule has 0 spiro atoms. The highest BCUT2D eigenvalue weighted by atomic mass is 35.5. The van der Waals surface area contributed by atoms with E-state index >= 15 is 0 Å². The molecule has 0 atom stereocenters. The average molecular weight is 458 g/mol. The van der Waals surface area contributed by atoms with E-state index in [-0.39, 0.29) is 22.8 Å². The Morgan fingerprint density at radius 1 is 1.12 bits per heavy atom. The highest BCUT2D eigenvalue weighted by molar-refractivity contribution is 6.34. The summed E-state index contributed by atoms with van der Waals surface area (Å²) in [6.07, 6.45) is 7.54. The van der Waals surface area contributed by atoms with Crippen molar-refractivity contribution in [3.63, 3.8) is 0 Å². The number of benzene rings is 2. The third kappa shape index (κ3) is 6.57. The summed E-state index contributed by atoms with van der Waals surface area (Å²) in [6.45, 7) is 0. The number of anilines is 1. The van der Waals surface area contributed by atoms with E-state index in [1.807, 2.05) is 12.1 Å². The average Bonchev–Trinajstić information content (AvgIpc) is 2.81. The van der Waals surface area contributed by atoms with Gasteiger partial charge in [0.15, 0.2) is 6.29 Å². The van der Waals surface area contributed by atoms with Gasteiger partial charge >= 0.3 is 5.97 Å². The lowest BCUT2D eigenvalue weighted by atomic mass is 9.89. The van der Waals surface area contributed by atoms with E-state index in [1.165, 1.54) is 25.7 Å². The van der Waals surface area contributed by atoms with E-state index < -0.39 is 0 Å². The van der Waals surface area contributed by atoms with Gasteiger partial charge in [0.25, 0.3) is 0 Å². The van der Waals surface area contributed by atoms with E-state index in [2.05, 4.69) is 5.32 Å². The molecule has 0 aliphatic heterocycles. The Labute approximate surface area is 193 Å². The largest absolute Gasteiger partial charge is 0.496 e. The molecule has 7 heteroatoms. The van der Waals surface area contributed by atoms with Crippen molar-refractivity contribution in [1.29, 1.82) is 0 Å². The first-order valence-corrected chi connectivity index (χ1v) is 11.3. The number of hydrogen-bond donors (Lipinski definition) is 1. The Balaban J connectivity index is 1.45. The van der Waals surface area contributed by atoms with Gasteiger partial charge in [0, 0.05) is 12.5 Å². The lowest BCUT2D eigenvalue weighted by Crippen LogP contribution is -2.22. The zero-order valence-electron chi connectivity index (χ0n) is 18.2. The Morgan fingerprint density at radius 2 is 1.84 bits per heavy atom. The third-order valence-electron chi connectivity index (χ3n) is 5.67. The van der Waals surface area contributed by atoms with Crippen molar-refractivity contribution in [2.24, 2.45) is 5.92 Å². The van der Waals surface area contributed by atoms with Gasteiger partial charge in [-0.25, -0.2) is 0 Å². The minimum absolute atomic E-state index is 0.0186. The number of amides is 1. The maximum atomic E-state index is 12.3. The smallest absolute Gasteiger partial charge is 0.314 e.